The lowest BCUT2D eigenvalue weighted by atomic mass is 10.1. The smallest absolute Gasteiger partial charge is 0.254 e. The molecule has 6 heteroatoms. The van der Waals surface area contributed by atoms with E-state index in [1.165, 1.54) is 5.56 Å². The molecular formula is C18H25N3O3. The van der Waals surface area contributed by atoms with Crippen LogP contribution >= 0.6 is 0 Å². The summed E-state index contributed by atoms with van der Waals surface area (Å²) >= 11 is 0. The van der Waals surface area contributed by atoms with E-state index >= 15 is 0 Å². The molecule has 0 unspecified atom stereocenters. The van der Waals surface area contributed by atoms with E-state index in [9.17, 15) is 4.79 Å². The summed E-state index contributed by atoms with van der Waals surface area (Å²) in [4.78, 5) is 12.2. The van der Waals surface area contributed by atoms with E-state index in [2.05, 4.69) is 22.5 Å². The number of carbonyl (C=O) groups excluding carboxylic acids is 1. The van der Waals surface area contributed by atoms with Gasteiger partial charge in [-0.05, 0) is 25.8 Å². The lowest BCUT2D eigenvalue weighted by molar-refractivity contribution is -0.127. The molecule has 0 saturated carbocycles. The van der Waals surface area contributed by atoms with Crippen molar-refractivity contribution < 1.29 is 14.3 Å². The van der Waals surface area contributed by atoms with E-state index in [0.29, 0.717) is 32.2 Å². The zero-order valence-corrected chi connectivity index (χ0v) is 14.3. The summed E-state index contributed by atoms with van der Waals surface area (Å²) in [5, 5.41) is 7.13. The molecule has 1 atom stereocenters. The van der Waals surface area contributed by atoms with Gasteiger partial charge < -0.3 is 14.8 Å². The number of nitrogens with zero attached hydrogens (tertiary/aromatic N) is 2. The largest absolute Gasteiger partial charge is 0.379 e. The summed E-state index contributed by atoms with van der Waals surface area (Å²) in [5.41, 5.74) is 1.23. The molecule has 1 aromatic heterocycles. The zero-order valence-electron chi connectivity index (χ0n) is 14.3. The predicted molar refractivity (Wildman–Crippen MR) is 92.9 cm³/mol. The quantitative estimate of drug-likeness (QED) is 0.679. The average Bonchev–Trinajstić information content (AvgIpc) is 3.04. The number of hydrogen-bond donors (Lipinski definition) is 1. The van der Waals surface area contributed by atoms with Gasteiger partial charge in [-0.25, -0.2) is 4.68 Å². The minimum atomic E-state index is -0.539. The lowest BCUT2D eigenvalue weighted by Gasteiger charge is -2.14. The minimum Gasteiger partial charge on any atom is -0.379 e. The summed E-state index contributed by atoms with van der Waals surface area (Å²) < 4.78 is 12.4. The number of nitrogens with one attached hydrogen (secondary N) is 1. The molecule has 0 aliphatic heterocycles. The van der Waals surface area contributed by atoms with Gasteiger partial charge >= 0.3 is 0 Å². The zero-order chi connectivity index (χ0) is 17.2. The van der Waals surface area contributed by atoms with Crippen molar-refractivity contribution in [2.45, 2.75) is 32.9 Å². The highest BCUT2D eigenvalue weighted by atomic mass is 16.5. The van der Waals surface area contributed by atoms with E-state index in [-0.39, 0.29) is 5.91 Å². The number of benzene rings is 1. The van der Waals surface area contributed by atoms with Crippen molar-refractivity contribution in [3.8, 4) is 0 Å². The second-order valence-corrected chi connectivity index (χ2v) is 5.37. The van der Waals surface area contributed by atoms with Crippen LogP contribution in [-0.2, 0) is 27.2 Å². The van der Waals surface area contributed by atoms with Crippen LogP contribution in [0.25, 0.3) is 0 Å². The highest BCUT2D eigenvalue weighted by molar-refractivity contribution is 5.93. The maximum Gasteiger partial charge on any atom is 0.254 e. The number of amides is 1. The molecule has 2 rings (SSSR count). The summed E-state index contributed by atoms with van der Waals surface area (Å²) in [7, 11) is 0. The maximum absolute atomic E-state index is 12.2. The Morgan fingerprint density at radius 1 is 1.25 bits per heavy atom. The van der Waals surface area contributed by atoms with Gasteiger partial charge in [0.1, 0.15) is 11.9 Å². The first kappa shape index (κ1) is 18.2. The third-order valence-electron chi connectivity index (χ3n) is 3.59. The van der Waals surface area contributed by atoms with E-state index in [0.717, 1.165) is 6.42 Å². The van der Waals surface area contributed by atoms with Gasteiger partial charge in [0.15, 0.2) is 0 Å². The average molecular weight is 331 g/mol. The van der Waals surface area contributed by atoms with Crippen LogP contribution in [0.4, 0.5) is 5.82 Å². The summed E-state index contributed by atoms with van der Waals surface area (Å²) in [6.07, 6.45) is 2.00. The third-order valence-corrected chi connectivity index (χ3v) is 3.59. The fraction of sp³-hybridized carbons (Fsp3) is 0.444. The first-order valence-electron chi connectivity index (χ1n) is 8.26. The lowest BCUT2D eigenvalue weighted by Crippen LogP contribution is -2.30. The first-order chi connectivity index (χ1) is 11.7. The van der Waals surface area contributed by atoms with E-state index < -0.39 is 6.10 Å². The van der Waals surface area contributed by atoms with Crippen molar-refractivity contribution in [1.29, 1.82) is 0 Å². The van der Waals surface area contributed by atoms with Gasteiger partial charge in [0.05, 0.1) is 19.4 Å². The van der Waals surface area contributed by atoms with Crippen LogP contribution in [0.5, 0.6) is 0 Å². The summed E-state index contributed by atoms with van der Waals surface area (Å²) in [5.74, 6) is 0.490. The number of aromatic nitrogens is 2. The number of rotatable bonds is 10. The van der Waals surface area contributed by atoms with Crippen LogP contribution in [0.3, 0.4) is 0 Å². The Kier molecular flexibility index (Phi) is 7.45. The third kappa shape index (κ3) is 5.79. The van der Waals surface area contributed by atoms with Gasteiger partial charge in [0.25, 0.3) is 5.91 Å². The SMILES string of the molecule is CCOCCO[C@@H](C)C(=O)Nc1ccnn1CCc1ccccc1. The van der Waals surface area contributed by atoms with Crippen LogP contribution in [0.1, 0.15) is 19.4 Å². The molecule has 24 heavy (non-hydrogen) atoms. The standard InChI is InChI=1S/C18H25N3O3/c1-3-23-13-14-24-15(2)18(22)20-17-9-11-19-21(17)12-10-16-7-5-4-6-8-16/h4-9,11,15H,3,10,12-14H2,1-2H3,(H,20,22)/t15-/m0/s1. The van der Waals surface area contributed by atoms with Crippen molar-refractivity contribution in [3.63, 3.8) is 0 Å². The molecule has 0 aliphatic carbocycles. The number of carbonyl (C=O) groups is 1. The van der Waals surface area contributed by atoms with Gasteiger partial charge in [0, 0.05) is 19.2 Å². The number of hydrogen-bond acceptors (Lipinski definition) is 4. The van der Waals surface area contributed by atoms with Crippen LogP contribution in [0, 0.1) is 0 Å². The summed E-state index contributed by atoms with van der Waals surface area (Å²) in [6.45, 7) is 5.88. The predicted octanol–water partition coefficient (Wildman–Crippen LogP) is 2.51. The molecule has 0 spiro atoms. The van der Waals surface area contributed by atoms with Gasteiger partial charge in [-0.3, -0.25) is 4.79 Å². The highest BCUT2D eigenvalue weighted by Crippen LogP contribution is 2.10. The van der Waals surface area contributed by atoms with Crippen molar-refractivity contribution in [1.82, 2.24) is 9.78 Å². The van der Waals surface area contributed by atoms with Gasteiger partial charge in [-0.15, -0.1) is 0 Å². The monoisotopic (exact) mass is 331 g/mol. The van der Waals surface area contributed by atoms with Crippen molar-refractivity contribution in [3.05, 3.63) is 48.2 Å². The normalized spacial score (nSPS) is 12.1. The topological polar surface area (TPSA) is 65.4 Å². The number of aryl methyl sites for hydroxylation is 2. The molecule has 2 aromatic rings. The molecule has 0 bridgehead atoms. The Morgan fingerprint density at radius 2 is 2.04 bits per heavy atom. The molecule has 6 nitrogen and oxygen atoms in total. The van der Waals surface area contributed by atoms with Crippen molar-refractivity contribution >= 4 is 11.7 Å². The Morgan fingerprint density at radius 3 is 2.79 bits per heavy atom. The fourth-order valence-corrected chi connectivity index (χ4v) is 2.23. The van der Waals surface area contributed by atoms with Crippen LogP contribution in [-0.4, -0.2) is 41.6 Å². The van der Waals surface area contributed by atoms with Crippen molar-refractivity contribution in [2.75, 3.05) is 25.1 Å². The maximum atomic E-state index is 12.2. The molecule has 0 aliphatic rings. The summed E-state index contributed by atoms with van der Waals surface area (Å²) in [6, 6.07) is 12.0. The minimum absolute atomic E-state index is 0.187. The molecule has 0 radical (unpaired) electrons. The molecule has 0 saturated heterocycles. The molecule has 130 valence electrons. The van der Waals surface area contributed by atoms with Gasteiger partial charge in [-0.2, -0.15) is 5.10 Å². The molecular weight excluding hydrogens is 306 g/mol. The Bertz CT molecular complexity index is 613. The number of ether oxygens (including phenoxy) is 2. The van der Waals surface area contributed by atoms with Crippen LogP contribution < -0.4 is 5.32 Å². The second-order valence-electron chi connectivity index (χ2n) is 5.37. The van der Waals surface area contributed by atoms with Gasteiger partial charge in [-0.1, -0.05) is 30.3 Å². The number of anilines is 1. The van der Waals surface area contributed by atoms with Crippen molar-refractivity contribution in [2.24, 2.45) is 0 Å². The molecule has 1 aromatic carbocycles. The van der Waals surface area contributed by atoms with E-state index in [1.54, 1.807) is 23.9 Å². The van der Waals surface area contributed by atoms with Crippen LogP contribution in [0.2, 0.25) is 0 Å². The van der Waals surface area contributed by atoms with E-state index in [1.807, 2.05) is 25.1 Å². The highest BCUT2D eigenvalue weighted by Gasteiger charge is 2.15. The Balaban J connectivity index is 1.82. The Labute approximate surface area is 142 Å². The fourth-order valence-electron chi connectivity index (χ4n) is 2.23. The molecule has 1 heterocycles. The second kappa shape index (κ2) is 9.85. The molecule has 1 amide bonds. The van der Waals surface area contributed by atoms with E-state index in [4.69, 9.17) is 9.47 Å². The molecule has 0 fully saturated rings. The van der Waals surface area contributed by atoms with Gasteiger partial charge in [0.2, 0.25) is 0 Å². The first-order valence-corrected chi connectivity index (χ1v) is 8.26. The van der Waals surface area contributed by atoms with Crippen LogP contribution in [0.15, 0.2) is 42.6 Å². The molecule has 1 N–H and O–H groups in total. The Hall–Kier alpha value is -2.18.